The summed E-state index contributed by atoms with van der Waals surface area (Å²) < 4.78 is 5.57. The molecule has 0 unspecified atom stereocenters. The lowest BCUT2D eigenvalue weighted by atomic mass is 10.1. The number of nitrogens with one attached hydrogen (secondary N) is 1. The van der Waals surface area contributed by atoms with E-state index in [1.54, 1.807) is 0 Å². The second-order valence-corrected chi connectivity index (χ2v) is 4.06. The number of ether oxygens (including phenoxy) is 1. The minimum Gasteiger partial charge on any atom is -0.368 e. The van der Waals surface area contributed by atoms with Crippen LogP contribution < -0.4 is 11.1 Å². The molecular weight excluding hydrogens is 192 g/mol. The first-order valence-electron chi connectivity index (χ1n) is 5.91. The number of carbonyl (C=O) groups is 1. The van der Waals surface area contributed by atoms with Gasteiger partial charge in [-0.25, -0.2) is 0 Å². The summed E-state index contributed by atoms with van der Waals surface area (Å²) in [6, 6.07) is 0. The molecule has 1 rings (SSSR count). The predicted octanol–water partition coefficient (Wildman–Crippen LogP) is 0.801. The SMILES string of the molecule is NCCNC(=O)COC1CCCCCC1. The van der Waals surface area contributed by atoms with E-state index in [-0.39, 0.29) is 18.6 Å². The van der Waals surface area contributed by atoms with E-state index in [0.717, 1.165) is 12.8 Å². The van der Waals surface area contributed by atoms with E-state index in [9.17, 15) is 4.79 Å². The van der Waals surface area contributed by atoms with Gasteiger partial charge in [-0.05, 0) is 12.8 Å². The van der Waals surface area contributed by atoms with Crippen LogP contribution >= 0.6 is 0 Å². The smallest absolute Gasteiger partial charge is 0.246 e. The molecule has 0 bridgehead atoms. The summed E-state index contributed by atoms with van der Waals surface area (Å²) in [5.41, 5.74) is 5.28. The third-order valence-electron chi connectivity index (χ3n) is 2.72. The van der Waals surface area contributed by atoms with Crippen molar-refractivity contribution in [2.24, 2.45) is 5.73 Å². The average Bonchev–Trinajstić information content (AvgIpc) is 2.51. The highest BCUT2D eigenvalue weighted by Crippen LogP contribution is 2.19. The van der Waals surface area contributed by atoms with Crippen molar-refractivity contribution in [2.45, 2.75) is 44.6 Å². The maximum absolute atomic E-state index is 11.2. The van der Waals surface area contributed by atoms with Gasteiger partial charge in [0.25, 0.3) is 0 Å². The van der Waals surface area contributed by atoms with Crippen LogP contribution in [0.5, 0.6) is 0 Å². The summed E-state index contributed by atoms with van der Waals surface area (Å²) in [4.78, 5) is 11.2. The van der Waals surface area contributed by atoms with Gasteiger partial charge in [0.2, 0.25) is 5.91 Å². The zero-order valence-corrected chi connectivity index (χ0v) is 9.34. The van der Waals surface area contributed by atoms with Crippen LogP contribution in [0.1, 0.15) is 38.5 Å². The largest absolute Gasteiger partial charge is 0.368 e. The van der Waals surface area contributed by atoms with Crippen molar-refractivity contribution < 1.29 is 9.53 Å². The van der Waals surface area contributed by atoms with Crippen LogP contribution in [-0.2, 0) is 9.53 Å². The molecule has 1 fully saturated rings. The van der Waals surface area contributed by atoms with Crippen molar-refractivity contribution in [3.63, 3.8) is 0 Å². The van der Waals surface area contributed by atoms with Crippen LogP contribution in [-0.4, -0.2) is 31.7 Å². The maximum Gasteiger partial charge on any atom is 0.246 e. The molecule has 0 spiro atoms. The first-order valence-corrected chi connectivity index (χ1v) is 5.91. The predicted molar refractivity (Wildman–Crippen MR) is 59.5 cm³/mol. The van der Waals surface area contributed by atoms with Crippen LogP contribution in [0.15, 0.2) is 0 Å². The Morgan fingerprint density at radius 3 is 2.53 bits per heavy atom. The Labute approximate surface area is 91.5 Å². The zero-order chi connectivity index (χ0) is 10.9. The minimum absolute atomic E-state index is 0.0512. The van der Waals surface area contributed by atoms with Gasteiger partial charge in [-0.15, -0.1) is 0 Å². The monoisotopic (exact) mass is 214 g/mol. The lowest BCUT2D eigenvalue weighted by Crippen LogP contribution is -2.33. The van der Waals surface area contributed by atoms with Crippen LogP contribution in [0.25, 0.3) is 0 Å². The van der Waals surface area contributed by atoms with Gasteiger partial charge in [0.15, 0.2) is 0 Å². The summed E-state index contributed by atoms with van der Waals surface area (Å²) in [6.45, 7) is 1.20. The highest BCUT2D eigenvalue weighted by atomic mass is 16.5. The Bertz CT molecular complexity index is 177. The lowest BCUT2D eigenvalue weighted by molar-refractivity contribution is -0.127. The van der Waals surface area contributed by atoms with E-state index in [2.05, 4.69) is 5.32 Å². The number of rotatable bonds is 5. The molecule has 1 amide bonds. The molecule has 0 atom stereocenters. The molecule has 0 radical (unpaired) electrons. The van der Waals surface area contributed by atoms with Crippen molar-refractivity contribution in [1.82, 2.24) is 5.32 Å². The van der Waals surface area contributed by atoms with Gasteiger partial charge < -0.3 is 15.8 Å². The molecular formula is C11H22N2O2. The summed E-state index contributed by atoms with van der Waals surface area (Å²) in [5, 5.41) is 2.70. The summed E-state index contributed by atoms with van der Waals surface area (Å²) in [7, 11) is 0. The van der Waals surface area contributed by atoms with E-state index in [1.165, 1.54) is 25.7 Å². The number of nitrogens with two attached hydrogens (primary N) is 1. The molecule has 1 aliphatic rings. The van der Waals surface area contributed by atoms with E-state index >= 15 is 0 Å². The first-order chi connectivity index (χ1) is 7.33. The van der Waals surface area contributed by atoms with Gasteiger partial charge in [-0.1, -0.05) is 25.7 Å². The Morgan fingerprint density at radius 2 is 1.93 bits per heavy atom. The molecule has 0 aromatic rings. The maximum atomic E-state index is 11.2. The van der Waals surface area contributed by atoms with Gasteiger partial charge in [-0.2, -0.15) is 0 Å². The Kier molecular flexibility index (Phi) is 6.36. The summed E-state index contributed by atoms with van der Waals surface area (Å²) in [5.74, 6) is -0.0512. The molecule has 88 valence electrons. The average molecular weight is 214 g/mol. The third-order valence-corrected chi connectivity index (χ3v) is 2.72. The zero-order valence-electron chi connectivity index (χ0n) is 9.34. The molecule has 0 aromatic carbocycles. The topological polar surface area (TPSA) is 64.3 Å². The first kappa shape index (κ1) is 12.5. The minimum atomic E-state index is -0.0512. The summed E-state index contributed by atoms with van der Waals surface area (Å²) >= 11 is 0. The number of amides is 1. The van der Waals surface area contributed by atoms with Crippen LogP contribution in [0, 0.1) is 0 Å². The quantitative estimate of drug-likeness (QED) is 0.665. The van der Waals surface area contributed by atoms with Gasteiger partial charge in [0.1, 0.15) is 6.61 Å². The lowest BCUT2D eigenvalue weighted by Gasteiger charge is -2.14. The molecule has 1 saturated carbocycles. The fourth-order valence-corrected chi connectivity index (χ4v) is 1.86. The van der Waals surface area contributed by atoms with E-state index < -0.39 is 0 Å². The van der Waals surface area contributed by atoms with E-state index in [4.69, 9.17) is 10.5 Å². The normalized spacial score (nSPS) is 18.5. The molecule has 0 aliphatic heterocycles. The van der Waals surface area contributed by atoms with Crippen LogP contribution in [0.3, 0.4) is 0 Å². The molecule has 0 saturated heterocycles. The number of hydrogen-bond acceptors (Lipinski definition) is 3. The molecule has 0 heterocycles. The van der Waals surface area contributed by atoms with Crippen molar-refractivity contribution >= 4 is 5.91 Å². The fourth-order valence-electron chi connectivity index (χ4n) is 1.86. The fraction of sp³-hybridized carbons (Fsp3) is 0.909. The molecule has 1 aliphatic carbocycles. The van der Waals surface area contributed by atoms with E-state index in [0.29, 0.717) is 13.1 Å². The molecule has 0 aromatic heterocycles. The Balaban J connectivity index is 2.09. The summed E-state index contributed by atoms with van der Waals surface area (Å²) in [6.07, 6.45) is 7.56. The van der Waals surface area contributed by atoms with Gasteiger partial charge in [-0.3, -0.25) is 4.79 Å². The number of hydrogen-bond donors (Lipinski definition) is 2. The van der Waals surface area contributed by atoms with E-state index in [1.807, 2.05) is 0 Å². The van der Waals surface area contributed by atoms with Gasteiger partial charge in [0, 0.05) is 13.1 Å². The van der Waals surface area contributed by atoms with Crippen molar-refractivity contribution in [3.8, 4) is 0 Å². The third kappa shape index (κ3) is 5.74. The van der Waals surface area contributed by atoms with Crippen molar-refractivity contribution in [1.29, 1.82) is 0 Å². The van der Waals surface area contributed by atoms with Gasteiger partial charge >= 0.3 is 0 Å². The van der Waals surface area contributed by atoms with Crippen molar-refractivity contribution in [2.75, 3.05) is 19.7 Å². The molecule has 4 nitrogen and oxygen atoms in total. The van der Waals surface area contributed by atoms with Crippen LogP contribution in [0.4, 0.5) is 0 Å². The number of carbonyl (C=O) groups excluding carboxylic acids is 1. The van der Waals surface area contributed by atoms with Crippen LogP contribution in [0.2, 0.25) is 0 Å². The van der Waals surface area contributed by atoms with Gasteiger partial charge in [0.05, 0.1) is 6.10 Å². The standard InChI is InChI=1S/C11H22N2O2/c12-7-8-13-11(14)9-15-10-5-3-1-2-4-6-10/h10H,1-9,12H2,(H,13,14). The Morgan fingerprint density at radius 1 is 1.27 bits per heavy atom. The second-order valence-electron chi connectivity index (χ2n) is 4.06. The molecule has 3 N–H and O–H groups in total. The highest BCUT2D eigenvalue weighted by molar-refractivity contribution is 5.77. The highest BCUT2D eigenvalue weighted by Gasteiger charge is 2.13. The van der Waals surface area contributed by atoms with Crippen molar-refractivity contribution in [3.05, 3.63) is 0 Å². The second kappa shape index (κ2) is 7.65. The molecule has 4 heteroatoms. The Hall–Kier alpha value is -0.610. The molecule has 15 heavy (non-hydrogen) atoms.